The van der Waals surface area contributed by atoms with Crippen LogP contribution in [0.4, 0.5) is 4.39 Å². The van der Waals surface area contributed by atoms with Crippen LogP contribution in [0.1, 0.15) is 32.2 Å². The highest BCUT2D eigenvalue weighted by Gasteiger charge is 2.19. The molecule has 0 bridgehead atoms. The Morgan fingerprint density at radius 1 is 1.00 bits per heavy atom. The van der Waals surface area contributed by atoms with Crippen molar-refractivity contribution in [1.29, 1.82) is 0 Å². The van der Waals surface area contributed by atoms with Crippen molar-refractivity contribution in [2.24, 2.45) is 0 Å². The van der Waals surface area contributed by atoms with Gasteiger partial charge in [0, 0.05) is 16.0 Å². The third kappa shape index (κ3) is 4.02. The standard InChI is InChI=1S/C24H21FN2OS2/c1-13-5-6-18(11-14(13)2)20(28)12-29-23-22-21(17-7-9-19(25)10-8-17)15(3)30-24(22)27-16(4)26-23/h5-11H,12H2,1-4H3. The molecule has 0 radical (unpaired) electrons. The minimum absolute atomic E-state index is 0.0720. The summed E-state index contributed by atoms with van der Waals surface area (Å²) in [5.41, 5.74) is 4.93. The van der Waals surface area contributed by atoms with Crippen molar-refractivity contribution in [3.05, 3.63) is 75.7 Å². The Bertz CT molecular complexity index is 1260. The zero-order chi connectivity index (χ0) is 21.4. The average Bonchev–Trinajstić information content (AvgIpc) is 3.04. The Balaban J connectivity index is 1.72. The molecule has 0 atom stereocenters. The Kier molecular flexibility index (Phi) is 5.71. The molecule has 4 rings (SSSR count). The van der Waals surface area contributed by atoms with E-state index in [1.165, 1.54) is 29.5 Å². The van der Waals surface area contributed by atoms with Crippen molar-refractivity contribution in [2.75, 3.05) is 5.75 Å². The second-order valence-electron chi connectivity index (χ2n) is 7.31. The number of thioether (sulfide) groups is 1. The third-order valence-electron chi connectivity index (χ3n) is 5.11. The molecule has 0 aliphatic heterocycles. The number of nitrogens with zero attached hydrogens (tertiary/aromatic N) is 2. The van der Waals surface area contributed by atoms with E-state index in [-0.39, 0.29) is 11.6 Å². The van der Waals surface area contributed by atoms with Gasteiger partial charge in [-0.3, -0.25) is 4.79 Å². The average molecular weight is 437 g/mol. The summed E-state index contributed by atoms with van der Waals surface area (Å²) >= 11 is 3.03. The van der Waals surface area contributed by atoms with Crippen LogP contribution in [0, 0.1) is 33.5 Å². The normalized spacial score (nSPS) is 11.2. The molecule has 0 fully saturated rings. The van der Waals surface area contributed by atoms with Crippen molar-refractivity contribution >= 4 is 39.1 Å². The van der Waals surface area contributed by atoms with Crippen LogP contribution in [0.3, 0.4) is 0 Å². The smallest absolute Gasteiger partial charge is 0.173 e. The van der Waals surface area contributed by atoms with Gasteiger partial charge in [0.05, 0.1) is 11.1 Å². The number of carbonyl (C=O) groups is 1. The lowest BCUT2D eigenvalue weighted by Crippen LogP contribution is -2.04. The lowest BCUT2D eigenvalue weighted by Gasteiger charge is -2.08. The fourth-order valence-corrected chi connectivity index (χ4v) is 5.51. The number of benzene rings is 2. The number of rotatable bonds is 5. The molecular weight excluding hydrogens is 415 g/mol. The Morgan fingerprint density at radius 2 is 1.73 bits per heavy atom. The molecule has 0 saturated heterocycles. The summed E-state index contributed by atoms with van der Waals surface area (Å²) in [5, 5.41) is 1.73. The SMILES string of the molecule is Cc1nc(SCC(=O)c2ccc(C)c(C)c2)c2c(-c3ccc(F)cc3)c(C)sc2n1. The molecule has 3 nitrogen and oxygen atoms in total. The first-order valence-electron chi connectivity index (χ1n) is 9.60. The van der Waals surface area contributed by atoms with Gasteiger partial charge in [0.1, 0.15) is 21.5 Å². The summed E-state index contributed by atoms with van der Waals surface area (Å²) in [6, 6.07) is 12.3. The molecule has 30 heavy (non-hydrogen) atoms. The molecule has 152 valence electrons. The molecule has 0 amide bonds. The predicted octanol–water partition coefficient (Wildman–Crippen LogP) is 6.71. The molecule has 0 spiro atoms. The molecule has 0 aliphatic carbocycles. The van der Waals surface area contributed by atoms with E-state index in [0.717, 1.165) is 36.8 Å². The van der Waals surface area contributed by atoms with Gasteiger partial charge in [-0.25, -0.2) is 14.4 Å². The highest BCUT2D eigenvalue weighted by Crippen LogP contribution is 2.41. The van der Waals surface area contributed by atoms with Crippen LogP contribution in [-0.4, -0.2) is 21.5 Å². The monoisotopic (exact) mass is 436 g/mol. The van der Waals surface area contributed by atoms with Crippen LogP contribution >= 0.6 is 23.1 Å². The van der Waals surface area contributed by atoms with Gasteiger partial charge in [-0.05, 0) is 62.6 Å². The molecule has 4 aromatic rings. The van der Waals surface area contributed by atoms with E-state index < -0.39 is 0 Å². The molecule has 2 aromatic carbocycles. The molecule has 6 heteroatoms. The van der Waals surface area contributed by atoms with Crippen LogP contribution < -0.4 is 0 Å². The fourth-order valence-electron chi connectivity index (χ4n) is 3.38. The molecule has 2 aromatic heterocycles. The van der Waals surface area contributed by atoms with Crippen LogP contribution in [0.15, 0.2) is 47.5 Å². The zero-order valence-corrected chi connectivity index (χ0v) is 18.9. The summed E-state index contributed by atoms with van der Waals surface area (Å²) < 4.78 is 13.4. The highest BCUT2D eigenvalue weighted by molar-refractivity contribution is 8.00. The lowest BCUT2D eigenvalue weighted by molar-refractivity contribution is 0.102. The number of aryl methyl sites for hydroxylation is 4. The number of hydrogen-bond donors (Lipinski definition) is 0. The minimum atomic E-state index is -0.267. The molecular formula is C24H21FN2OS2. The molecule has 0 aliphatic rings. The van der Waals surface area contributed by atoms with E-state index in [4.69, 9.17) is 0 Å². The first kappa shape index (κ1) is 20.7. The van der Waals surface area contributed by atoms with Crippen molar-refractivity contribution in [1.82, 2.24) is 9.97 Å². The summed E-state index contributed by atoms with van der Waals surface area (Å²) in [4.78, 5) is 24.0. The van der Waals surface area contributed by atoms with Crippen LogP contribution in [0.25, 0.3) is 21.3 Å². The van der Waals surface area contributed by atoms with Gasteiger partial charge in [-0.15, -0.1) is 11.3 Å². The van der Waals surface area contributed by atoms with Crippen LogP contribution in [0.5, 0.6) is 0 Å². The first-order valence-corrected chi connectivity index (χ1v) is 11.4. The van der Waals surface area contributed by atoms with E-state index >= 15 is 0 Å². The summed E-state index contributed by atoms with van der Waals surface area (Å²) in [7, 11) is 0. The van der Waals surface area contributed by atoms with Gasteiger partial charge in [-0.2, -0.15) is 0 Å². The van der Waals surface area contributed by atoms with E-state index in [1.807, 2.05) is 45.9 Å². The van der Waals surface area contributed by atoms with Gasteiger partial charge in [0.15, 0.2) is 5.78 Å². The van der Waals surface area contributed by atoms with E-state index in [2.05, 4.69) is 9.97 Å². The summed E-state index contributed by atoms with van der Waals surface area (Å²) in [6.45, 7) is 7.95. The van der Waals surface area contributed by atoms with Gasteiger partial charge in [0.2, 0.25) is 0 Å². The summed E-state index contributed by atoms with van der Waals surface area (Å²) in [5.74, 6) is 0.779. The maximum atomic E-state index is 13.4. The quantitative estimate of drug-likeness (QED) is 0.198. The van der Waals surface area contributed by atoms with Crippen LogP contribution in [0.2, 0.25) is 0 Å². The Labute approximate surface area is 183 Å². The number of Topliss-reactive ketones (excluding diaryl/α,β-unsaturated/α-hetero) is 1. The number of carbonyl (C=O) groups excluding carboxylic acids is 1. The van der Waals surface area contributed by atoms with E-state index in [0.29, 0.717) is 17.1 Å². The minimum Gasteiger partial charge on any atom is -0.293 e. The predicted molar refractivity (Wildman–Crippen MR) is 123 cm³/mol. The number of fused-ring (bicyclic) bond motifs is 1. The van der Waals surface area contributed by atoms with E-state index in [1.54, 1.807) is 23.5 Å². The van der Waals surface area contributed by atoms with E-state index in [9.17, 15) is 9.18 Å². The van der Waals surface area contributed by atoms with Crippen molar-refractivity contribution in [3.63, 3.8) is 0 Å². The van der Waals surface area contributed by atoms with Crippen molar-refractivity contribution in [2.45, 2.75) is 32.7 Å². The Hall–Kier alpha value is -2.57. The zero-order valence-electron chi connectivity index (χ0n) is 17.2. The fraction of sp³-hybridized carbons (Fsp3) is 0.208. The number of hydrogen-bond acceptors (Lipinski definition) is 5. The van der Waals surface area contributed by atoms with Crippen LogP contribution in [-0.2, 0) is 0 Å². The molecule has 2 heterocycles. The van der Waals surface area contributed by atoms with Crippen molar-refractivity contribution < 1.29 is 9.18 Å². The highest BCUT2D eigenvalue weighted by atomic mass is 32.2. The van der Waals surface area contributed by atoms with Gasteiger partial charge in [0.25, 0.3) is 0 Å². The van der Waals surface area contributed by atoms with Gasteiger partial charge < -0.3 is 0 Å². The maximum Gasteiger partial charge on any atom is 0.173 e. The number of halogens is 1. The molecule has 0 N–H and O–H groups in total. The van der Waals surface area contributed by atoms with Crippen molar-refractivity contribution in [3.8, 4) is 11.1 Å². The lowest BCUT2D eigenvalue weighted by atomic mass is 10.0. The third-order valence-corrected chi connectivity index (χ3v) is 7.08. The second kappa shape index (κ2) is 8.28. The second-order valence-corrected chi connectivity index (χ2v) is 9.47. The number of aromatic nitrogens is 2. The maximum absolute atomic E-state index is 13.4. The number of thiophene rings is 1. The van der Waals surface area contributed by atoms with Gasteiger partial charge in [-0.1, -0.05) is 36.0 Å². The van der Waals surface area contributed by atoms with Gasteiger partial charge >= 0.3 is 0 Å². The largest absolute Gasteiger partial charge is 0.293 e. The number of ketones is 1. The molecule has 0 saturated carbocycles. The topological polar surface area (TPSA) is 42.9 Å². The first-order chi connectivity index (χ1) is 14.3. The Morgan fingerprint density at radius 3 is 2.43 bits per heavy atom. The summed E-state index contributed by atoms with van der Waals surface area (Å²) in [6.07, 6.45) is 0. The molecule has 0 unspecified atom stereocenters.